The molecule has 0 unspecified atom stereocenters. The van der Waals surface area contributed by atoms with Gasteiger partial charge in [0.2, 0.25) is 10.0 Å². The molecule has 0 fully saturated rings. The van der Waals surface area contributed by atoms with Crippen LogP contribution in [0.4, 0.5) is 0 Å². The number of sulfonamides is 1. The lowest BCUT2D eigenvalue weighted by Gasteiger charge is -2.20. The Labute approximate surface area is 183 Å². The van der Waals surface area contributed by atoms with Crippen LogP contribution in [-0.2, 0) is 23.1 Å². The van der Waals surface area contributed by atoms with Gasteiger partial charge in [0.15, 0.2) is 0 Å². The first-order valence-electron chi connectivity index (χ1n) is 9.98. The molecule has 0 bridgehead atoms. The Morgan fingerprint density at radius 3 is 2.29 bits per heavy atom. The summed E-state index contributed by atoms with van der Waals surface area (Å²) >= 11 is 0. The smallest absolute Gasteiger partial charge is 0.253 e. The molecular weight excluding hydrogens is 412 g/mol. The quantitative estimate of drug-likeness (QED) is 0.611. The van der Waals surface area contributed by atoms with Crippen molar-refractivity contribution in [2.45, 2.75) is 44.3 Å². The van der Waals surface area contributed by atoms with Gasteiger partial charge in [0.05, 0.1) is 17.6 Å². The maximum absolute atomic E-state index is 12.8. The molecule has 1 heterocycles. The number of amides is 1. The predicted octanol–water partition coefficient (Wildman–Crippen LogP) is 3.28. The fourth-order valence-electron chi connectivity index (χ4n) is 3.15. The molecule has 8 heteroatoms. The standard InChI is InChI=1S/C23H28N4O3S/c1-23(2,3)25-31(29,30)21-12-10-20(11-13-21)22(28)26(4)15-19-14-24-27(17-19)16-18-8-6-5-7-9-18/h5-14,17,25H,15-16H2,1-4H3. The van der Waals surface area contributed by atoms with Crippen molar-refractivity contribution in [2.24, 2.45) is 0 Å². The van der Waals surface area contributed by atoms with Gasteiger partial charge in [-0.25, -0.2) is 13.1 Å². The molecule has 0 radical (unpaired) electrons. The topological polar surface area (TPSA) is 84.3 Å². The van der Waals surface area contributed by atoms with E-state index >= 15 is 0 Å². The third kappa shape index (κ3) is 6.26. The average molecular weight is 441 g/mol. The van der Waals surface area contributed by atoms with Crippen LogP contribution in [0.1, 0.15) is 42.3 Å². The molecule has 7 nitrogen and oxygen atoms in total. The Morgan fingerprint density at radius 1 is 1.03 bits per heavy atom. The van der Waals surface area contributed by atoms with Crippen molar-refractivity contribution in [3.63, 3.8) is 0 Å². The predicted molar refractivity (Wildman–Crippen MR) is 120 cm³/mol. The number of carbonyl (C=O) groups is 1. The van der Waals surface area contributed by atoms with Gasteiger partial charge in [-0.3, -0.25) is 9.48 Å². The molecule has 0 saturated carbocycles. The van der Waals surface area contributed by atoms with Crippen molar-refractivity contribution in [3.8, 4) is 0 Å². The third-order valence-corrected chi connectivity index (χ3v) is 6.27. The largest absolute Gasteiger partial charge is 0.337 e. The van der Waals surface area contributed by atoms with Gasteiger partial charge in [0.25, 0.3) is 5.91 Å². The number of hydrogen-bond acceptors (Lipinski definition) is 4. The minimum Gasteiger partial charge on any atom is -0.337 e. The number of nitrogens with one attached hydrogen (secondary N) is 1. The van der Waals surface area contributed by atoms with E-state index in [0.717, 1.165) is 11.1 Å². The van der Waals surface area contributed by atoms with Crippen LogP contribution in [0, 0.1) is 0 Å². The fraction of sp³-hybridized carbons (Fsp3) is 0.304. The molecule has 3 rings (SSSR count). The Morgan fingerprint density at radius 2 is 1.68 bits per heavy atom. The van der Waals surface area contributed by atoms with Crippen LogP contribution >= 0.6 is 0 Å². The van der Waals surface area contributed by atoms with E-state index in [1.807, 2.05) is 41.2 Å². The molecule has 0 atom stereocenters. The highest BCUT2D eigenvalue weighted by Gasteiger charge is 2.22. The van der Waals surface area contributed by atoms with Crippen molar-refractivity contribution in [1.29, 1.82) is 0 Å². The number of benzene rings is 2. The van der Waals surface area contributed by atoms with Crippen LogP contribution in [-0.4, -0.2) is 41.6 Å². The lowest BCUT2D eigenvalue weighted by atomic mass is 10.1. The molecule has 164 valence electrons. The van der Waals surface area contributed by atoms with E-state index in [-0.39, 0.29) is 10.8 Å². The molecule has 0 saturated heterocycles. The second-order valence-electron chi connectivity index (χ2n) is 8.57. The highest BCUT2D eigenvalue weighted by molar-refractivity contribution is 7.89. The van der Waals surface area contributed by atoms with Crippen molar-refractivity contribution in [2.75, 3.05) is 7.05 Å². The number of nitrogens with zero attached hydrogens (tertiary/aromatic N) is 3. The molecule has 1 amide bonds. The van der Waals surface area contributed by atoms with E-state index in [1.165, 1.54) is 24.3 Å². The number of carbonyl (C=O) groups excluding carboxylic acids is 1. The molecule has 0 aliphatic carbocycles. The van der Waals surface area contributed by atoms with Gasteiger partial charge < -0.3 is 4.90 Å². The van der Waals surface area contributed by atoms with Gasteiger partial charge >= 0.3 is 0 Å². The van der Waals surface area contributed by atoms with Crippen molar-refractivity contribution >= 4 is 15.9 Å². The Kier molecular flexibility index (Phi) is 6.62. The highest BCUT2D eigenvalue weighted by atomic mass is 32.2. The van der Waals surface area contributed by atoms with Gasteiger partial charge in [-0.1, -0.05) is 30.3 Å². The van der Waals surface area contributed by atoms with Gasteiger partial charge in [0, 0.05) is 36.5 Å². The normalized spacial score (nSPS) is 12.0. The van der Waals surface area contributed by atoms with E-state index in [9.17, 15) is 13.2 Å². The molecular formula is C23H28N4O3S. The van der Waals surface area contributed by atoms with Crippen LogP contribution in [0.3, 0.4) is 0 Å². The van der Waals surface area contributed by atoms with Gasteiger partial charge in [-0.15, -0.1) is 0 Å². The molecule has 0 spiro atoms. The molecule has 1 N–H and O–H groups in total. The highest BCUT2D eigenvalue weighted by Crippen LogP contribution is 2.15. The summed E-state index contributed by atoms with van der Waals surface area (Å²) in [5.41, 5.74) is 1.91. The summed E-state index contributed by atoms with van der Waals surface area (Å²) in [7, 11) is -1.93. The van der Waals surface area contributed by atoms with Crippen LogP contribution < -0.4 is 4.72 Å². The summed E-state index contributed by atoms with van der Waals surface area (Å²) in [5, 5.41) is 4.37. The minimum absolute atomic E-state index is 0.129. The molecule has 0 aliphatic rings. The SMILES string of the molecule is CN(Cc1cnn(Cc2ccccc2)c1)C(=O)c1ccc(S(=O)(=O)NC(C)(C)C)cc1. The molecule has 2 aromatic carbocycles. The van der Waals surface area contributed by atoms with E-state index in [1.54, 1.807) is 38.9 Å². The molecule has 31 heavy (non-hydrogen) atoms. The Bertz CT molecular complexity index is 1130. The summed E-state index contributed by atoms with van der Waals surface area (Å²) in [6, 6.07) is 16.0. The Hall–Kier alpha value is -2.97. The van der Waals surface area contributed by atoms with Crippen molar-refractivity contribution in [3.05, 3.63) is 83.7 Å². The maximum Gasteiger partial charge on any atom is 0.253 e. The third-order valence-electron chi connectivity index (χ3n) is 4.49. The Balaban J connectivity index is 1.64. The summed E-state index contributed by atoms with van der Waals surface area (Å²) in [5.74, 6) is -0.191. The second kappa shape index (κ2) is 9.03. The summed E-state index contributed by atoms with van der Waals surface area (Å²) in [6.45, 7) is 6.40. The van der Waals surface area contributed by atoms with Crippen LogP contribution in [0.25, 0.3) is 0 Å². The van der Waals surface area contributed by atoms with Gasteiger partial charge in [0.1, 0.15) is 0 Å². The zero-order valence-corrected chi connectivity index (χ0v) is 19.1. The van der Waals surface area contributed by atoms with Crippen molar-refractivity contribution in [1.82, 2.24) is 19.4 Å². The zero-order valence-electron chi connectivity index (χ0n) is 18.2. The molecule has 1 aromatic heterocycles. The van der Waals surface area contributed by atoms with E-state index in [2.05, 4.69) is 9.82 Å². The lowest BCUT2D eigenvalue weighted by molar-refractivity contribution is 0.0785. The minimum atomic E-state index is -3.64. The summed E-state index contributed by atoms with van der Waals surface area (Å²) in [6.07, 6.45) is 3.67. The van der Waals surface area contributed by atoms with Gasteiger partial charge in [-0.2, -0.15) is 5.10 Å². The first-order valence-corrected chi connectivity index (χ1v) is 11.5. The second-order valence-corrected chi connectivity index (χ2v) is 10.3. The van der Waals surface area contributed by atoms with E-state index < -0.39 is 15.6 Å². The van der Waals surface area contributed by atoms with Crippen LogP contribution in [0.5, 0.6) is 0 Å². The maximum atomic E-state index is 12.8. The number of hydrogen-bond donors (Lipinski definition) is 1. The summed E-state index contributed by atoms with van der Waals surface area (Å²) in [4.78, 5) is 14.5. The first-order chi connectivity index (χ1) is 14.5. The number of aromatic nitrogens is 2. The lowest BCUT2D eigenvalue weighted by Crippen LogP contribution is -2.40. The average Bonchev–Trinajstić information content (AvgIpc) is 3.13. The fourth-order valence-corrected chi connectivity index (χ4v) is 4.57. The van der Waals surface area contributed by atoms with Crippen LogP contribution in [0.15, 0.2) is 71.9 Å². The summed E-state index contributed by atoms with van der Waals surface area (Å²) < 4.78 is 29.3. The molecule has 3 aromatic rings. The monoisotopic (exact) mass is 440 g/mol. The molecule has 0 aliphatic heterocycles. The van der Waals surface area contributed by atoms with E-state index in [0.29, 0.717) is 18.7 Å². The van der Waals surface area contributed by atoms with Crippen LogP contribution in [0.2, 0.25) is 0 Å². The van der Waals surface area contributed by atoms with Gasteiger partial charge in [-0.05, 0) is 50.6 Å². The van der Waals surface area contributed by atoms with E-state index in [4.69, 9.17) is 0 Å². The van der Waals surface area contributed by atoms with Crippen molar-refractivity contribution < 1.29 is 13.2 Å². The number of rotatable bonds is 7. The zero-order chi connectivity index (χ0) is 22.6. The first kappa shape index (κ1) is 22.7.